The molecule has 1 N–H and O–H groups in total. The Morgan fingerprint density at radius 3 is 2.28 bits per heavy atom. The molecule has 1 aromatic heterocycles. The van der Waals surface area contributed by atoms with Gasteiger partial charge < -0.3 is 10.2 Å². The van der Waals surface area contributed by atoms with Crippen molar-refractivity contribution in [3.05, 3.63) is 29.6 Å². The summed E-state index contributed by atoms with van der Waals surface area (Å²) in [7, 11) is 0. The van der Waals surface area contributed by atoms with E-state index >= 15 is 8.78 Å². The molecule has 0 aromatic carbocycles. The smallest absolute Gasteiger partial charge is 0.328 e. The molecule has 3 fully saturated rings. The van der Waals surface area contributed by atoms with Gasteiger partial charge in [-0.15, -0.1) is 0 Å². The lowest BCUT2D eigenvalue weighted by Gasteiger charge is -2.47. The number of nitrogens with zero attached hydrogens (tertiary/aromatic N) is 4. The highest BCUT2D eigenvalue weighted by molar-refractivity contribution is 5.75. The molecule has 0 unspecified atom stereocenters. The van der Waals surface area contributed by atoms with Crippen LogP contribution in [0.15, 0.2) is 18.3 Å². The number of nitrogens with one attached hydrogen (secondary N) is 1. The predicted octanol–water partition coefficient (Wildman–Crippen LogP) is 4.57. The summed E-state index contributed by atoms with van der Waals surface area (Å²) < 4.78 is 68.5. The molecule has 0 spiro atoms. The van der Waals surface area contributed by atoms with E-state index in [0.29, 0.717) is 63.6 Å². The van der Waals surface area contributed by atoms with Crippen molar-refractivity contribution in [1.82, 2.24) is 25.0 Å². The van der Waals surface area contributed by atoms with Gasteiger partial charge in [0.1, 0.15) is 6.04 Å². The first-order chi connectivity index (χ1) is 17.0. The Morgan fingerprint density at radius 2 is 1.72 bits per heavy atom. The minimum absolute atomic E-state index is 0.0718. The molecule has 202 valence electrons. The molecular weight excluding hydrogens is 481 g/mol. The van der Waals surface area contributed by atoms with Crippen LogP contribution in [0, 0.1) is 0 Å². The third-order valence-corrected chi connectivity index (χ3v) is 7.99. The molecule has 1 saturated carbocycles. The van der Waals surface area contributed by atoms with Gasteiger partial charge in [0, 0.05) is 75.6 Å². The van der Waals surface area contributed by atoms with E-state index < -0.39 is 35.8 Å². The van der Waals surface area contributed by atoms with Gasteiger partial charge in [0.05, 0.1) is 5.56 Å². The Morgan fingerprint density at radius 1 is 1.06 bits per heavy atom. The fourth-order valence-electron chi connectivity index (χ4n) is 5.75. The van der Waals surface area contributed by atoms with E-state index in [1.54, 1.807) is 4.90 Å². The molecule has 2 atom stereocenters. The summed E-state index contributed by atoms with van der Waals surface area (Å²) in [5.41, 5.74) is -0.237. The number of halogens is 5. The second-order valence-electron chi connectivity index (χ2n) is 10.5. The van der Waals surface area contributed by atoms with Gasteiger partial charge >= 0.3 is 12.2 Å². The molecule has 36 heavy (non-hydrogen) atoms. The number of piperidine rings is 1. The zero-order valence-electron chi connectivity index (χ0n) is 20.9. The minimum Gasteiger partial charge on any atom is -0.328 e. The van der Waals surface area contributed by atoms with Crippen LogP contribution in [0.4, 0.5) is 26.7 Å². The van der Waals surface area contributed by atoms with Gasteiger partial charge in [-0.25, -0.2) is 13.6 Å². The summed E-state index contributed by atoms with van der Waals surface area (Å²) in [5.74, 6) is -3.05. The topological polar surface area (TPSA) is 51.7 Å². The average Bonchev–Trinajstić information content (AvgIpc) is 2.85. The number of hydrogen-bond acceptors (Lipinski definition) is 4. The molecule has 3 heterocycles. The molecule has 0 bridgehead atoms. The van der Waals surface area contributed by atoms with Crippen molar-refractivity contribution in [1.29, 1.82) is 0 Å². The molecule has 4 rings (SSSR count). The Balaban J connectivity index is 1.35. The van der Waals surface area contributed by atoms with E-state index in [0.717, 1.165) is 25.4 Å². The molecule has 1 aromatic rings. The highest BCUT2D eigenvalue weighted by atomic mass is 19.4. The van der Waals surface area contributed by atoms with Gasteiger partial charge in [0.2, 0.25) is 0 Å². The first-order valence-electron chi connectivity index (χ1n) is 12.9. The van der Waals surface area contributed by atoms with E-state index in [9.17, 15) is 18.0 Å². The lowest BCUT2D eigenvalue weighted by atomic mass is 9.85. The largest absolute Gasteiger partial charge is 0.417 e. The van der Waals surface area contributed by atoms with Crippen molar-refractivity contribution in [2.24, 2.45) is 0 Å². The van der Waals surface area contributed by atoms with Crippen LogP contribution in [-0.2, 0) is 6.18 Å². The quantitative estimate of drug-likeness (QED) is 0.595. The van der Waals surface area contributed by atoms with Crippen LogP contribution in [0.3, 0.4) is 0 Å². The fraction of sp³-hybridized carbons (Fsp3) is 0.760. The Labute approximate surface area is 209 Å². The van der Waals surface area contributed by atoms with Crippen molar-refractivity contribution in [3.63, 3.8) is 0 Å². The van der Waals surface area contributed by atoms with E-state index in [1.165, 1.54) is 6.07 Å². The lowest BCUT2D eigenvalue weighted by Crippen LogP contribution is -2.66. The van der Waals surface area contributed by atoms with Crippen molar-refractivity contribution in [2.75, 3.05) is 39.3 Å². The molecular formula is C25H36F5N5O. The number of piperazine rings is 1. The molecule has 2 amide bonds. The van der Waals surface area contributed by atoms with Crippen LogP contribution >= 0.6 is 0 Å². The number of pyridine rings is 1. The first kappa shape index (κ1) is 27.0. The van der Waals surface area contributed by atoms with Gasteiger partial charge in [-0.1, -0.05) is 0 Å². The van der Waals surface area contributed by atoms with Crippen LogP contribution in [0.5, 0.6) is 0 Å². The number of carbonyl (C=O) groups excluding carboxylic acids is 1. The summed E-state index contributed by atoms with van der Waals surface area (Å²) in [6, 6.07) is 0.685. The maximum atomic E-state index is 15.0. The number of aromatic nitrogens is 1. The maximum Gasteiger partial charge on any atom is 0.417 e. The number of likely N-dealkylation sites (tertiary alicyclic amines) is 1. The number of hydrogen-bond donors (Lipinski definition) is 1. The average molecular weight is 518 g/mol. The highest BCUT2D eigenvalue weighted by Gasteiger charge is 2.50. The van der Waals surface area contributed by atoms with Crippen LogP contribution in [0.25, 0.3) is 0 Å². The van der Waals surface area contributed by atoms with Gasteiger partial charge in [-0.3, -0.25) is 14.8 Å². The fourth-order valence-corrected chi connectivity index (χ4v) is 5.75. The van der Waals surface area contributed by atoms with Crippen molar-refractivity contribution < 1.29 is 26.7 Å². The van der Waals surface area contributed by atoms with Crippen molar-refractivity contribution >= 4 is 6.03 Å². The van der Waals surface area contributed by atoms with Gasteiger partial charge in [-0.2, -0.15) is 13.2 Å². The zero-order chi connectivity index (χ0) is 26.1. The molecule has 0 radical (unpaired) electrons. The van der Waals surface area contributed by atoms with E-state index in [2.05, 4.69) is 33.9 Å². The van der Waals surface area contributed by atoms with Gasteiger partial charge in [0.15, 0.2) is 0 Å². The summed E-state index contributed by atoms with van der Waals surface area (Å²) in [6.07, 6.45) is -1.73. The molecule has 2 saturated heterocycles. The monoisotopic (exact) mass is 517 g/mol. The molecule has 6 nitrogen and oxygen atoms in total. The van der Waals surface area contributed by atoms with Crippen LogP contribution in [-0.4, -0.2) is 89.0 Å². The van der Waals surface area contributed by atoms with E-state index in [1.807, 2.05) is 0 Å². The van der Waals surface area contributed by atoms with Crippen LogP contribution in [0.1, 0.15) is 63.1 Å². The number of carbonyl (C=O) groups is 1. The second-order valence-corrected chi connectivity index (χ2v) is 10.5. The zero-order valence-corrected chi connectivity index (χ0v) is 20.9. The van der Waals surface area contributed by atoms with Crippen LogP contribution < -0.4 is 5.32 Å². The third kappa shape index (κ3) is 6.10. The van der Waals surface area contributed by atoms with E-state index in [4.69, 9.17) is 0 Å². The summed E-state index contributed by atoms with van der Waals surface area (Å²) in [4.78, 5) is 23.0. The summed E-state index contributed by atoms with van der Waals surface area (Å²) in [6.45, 7) is 8.00. The van der Waals surface area contributed by atoms with Gasteiger partial charge in [-0.05, 0) is 51.7 Å². The van der Waals surface area contributed by atoms with E-state index in [-0.39, 0.29) is 12.3 Å². The second kappa shape index (κ2) is 10.8. The summed E-state index contributed by atoms with van der Waals surface area (Å²) >= 11 is 0. The Hall–Kier alpha value is -2.01. The molecule has 3 aliphatic rings. The Bertz CT molecular complexity index is 878. The number of amides is 2. The number of alkyl halides is 5. The number of urea groups is 1. The van der Waals surface area contributed by atoms with Crippen LogP contribution in [0.2, 0.25) is 0 Å². The lowest BCUT2D eigenvalue weighted by molar-refractivity contribution is -0.137. The predicted molar refractivity (Wildman–Crippen MR) is 126 cm³/mol. The summed E-state index contributed by atoms with van der Waals surface area (Å²) in [5, 5.41) is 2.68. The Kier molecular flexibility index (Phi) is 8.09. The first-order valence-corrected chi connectivity index (χ1v) is 12.9. The highest BCUT2D eigenvalue weighted by Crippen LogP contribution is 2.37. The maximum absolute atomic E-state index is 15.0. The third-order valence-electron chi connectivity index (χ3n) is 7.99. The molecule has 2 aliphatic heterocycles. The van der Waals surface area contributed by atoms with Crippen molar-refractivity contribution in [3.8, 4) is 0 Å². The standard InChI is InChI=1S/C25H36F5N5O/c1-17(2)33-12-14-34(15-13-33)21-4-3-9-24(26,27)22(21)32-23(36)35-10-7-18(8-11-35)20-6-5-19(16-31-20)25(28,29)30/h5-6,16-18,21-22H,3-4,7-15H2,1-2H3,(H,32,36)/t21-,22+/m0/s1. The SMILES string of the molecule is CC(C)N1CCN([C@H]2CCCC(F)(F)[C@@H]2NC(=O)N2CCC(c3ccc(C(F)(F)F)cn3)CC2)CC1. The van der Waals surface area contributed by atoms with Crippen molar-refractivity contribution in [2.45, 2.75) is 82.1 Å². The normalized spacial score (nSPS) is 26.8. The molecule has 11 heteroatoms. The minimum atomic E-state index is -4.44. The number of rotatable bonds is 4. The molecule has 1 aliphatic carbocycles. The van der Waals surface area contributed by atoms with Gasteiger partial charge in [0.25, 0.3) is 5.92 Å².